The highest BCUT2D eigenvalue weighted by molar-refractivity contribution is 7.89. The first kappa shape index (κ1) is 19.8. The average molecular weight is 411 g/mol. The molecule has 0 aliphatic carbocycles. The van der Waals surface area contributed by atoms with E-state index in [1.165, 1.54) is 18.2 Å². The number of hydrogen-bond donors (Lipinski definition) is 0. The highest BCUT2D eigenvalue weighted by Crippen LogP contribution is 2.24. The zero-order valence-electron chi connectivity index (χ0n) is 14.6. The van der Waals surface area contributed by atoms with Gasteiger partial charge >= 0.3 is 0 Å². The molecular formula is C19H20ClFN2O3S. The zero-order valence-corrected chi connectivity index (χ0v) is 16.2. The molecule has 2 aromatic carbocycles. The molecule has 144 valence electrons. The van der Waals surface area contributed by atoms with E-state index >= 15 is 0 Å². The van der Waals surface area contributed by atoms with Crippen molar-refractivity contribution in [1.29, 1.82) is 0 Å². The minimum absolute atomic E-state index is 0.115. The molecule has 1 aliphatic rings. The normalized spacial score (nSPS) is 14.7. The second kappa shape index (κ2) is 8.37. The number of likely N-dealkylation sites (tertiary alicyclic amines) is 1. The molecule has 2 aromatic rings. The van der Waals surface area contributed by atoms with Crippen LogP contribution in [0.15, 0.2) is 53.4 Å². The van der Waals surface area contributed by atoms with Crippen LogP contribution in [0.3, 0.4) is 0 Å². The number of rotatable bonds is 6. The van der Waals surface area contributed by atoms with Gasteiger partial charge in [0.1, 0.15) is 10.7 Å². The van der Waals surface area contributed by atoms with Crippen LogP contribution in [0, 0.1) is 5.82 Å². The predicted octanol–water partition coefficient (Wildman–Crippen LogP) is 3.29. The van der Waals surface area contributed by atoms with E-state index in [2.05, 4.69) is 0 Å². The summed E-state index contributed by atoms with van der Waals surface area (Å²) < 4.78 is 41.4. The fraction of sp³-hybridized carbons (Fsp3) is 0.316. The summed E-state index contributed by atoms with van der Waals surface area (Å²) in [5, 5.41) is 0.389. The van der Waals surface area contributed by atoms with E-state index < -0.39 is 20.7 Å². The molecule has 0 radical (unpaired) electrons. The lowest BCUT2D eigenvalue weighted by atomic mass is 10.2. The van der Waals surface area contributed by atoms with Crippen LogP contribution >= 0.6 is 11.6 Å². The Kier molecular flexibility index (Phi) is 6.14. The molecule has 1 fully saturated rings. The third-order valence-electron chi connectivity index (χ3n) is 4.53. The number of sulfonamides is 1. The van der Waals surface area contributed by atoms with Gasteiger partial charge in [0.15, 0.2) is 0 Å². The van der Waals surface area contributed by atoms with Gasteiger partial charge in [-0.05, 0) is 36.6 Å². The summed E-state index contributed by atoms with van der Waals surface area (Å²) in [5.41, 5.74) is 0.549. The quantitative estimate of drug-likeness (QED) is 0.734. The smallest absolute Gasteiger partial charge is 0.246 e. The average Bonchev–Trinajstić information content (AvgIpc) is 3.18. The van der Waals surface area contributed by atoms with Gasteiger partial charge in [-0.15, -0.1) is 0 Å². The highest BCUT2D eigenvalue weighted by Gasteiger charge is 2.31. The first-order chi connectivity index (χ1) is 12.9. The van der Waals surface area contributed by atoms with Gasteiger partial charge in [0.2, 0.25) is 15.9 Å². The lowest BCUT2D eigenvalue weighted by Crippen LogP contribution is -2.41. The molecule has 1 amide bonds. The third-order valence-corrected chi connectivity index (χ3v) is 6.72. The van der Waals surface area contributed by atoms with Crippen molar-refractivity contribution in [2.75, 3.05) is 19.6 Å². The van der Waals surface area contributed by atoms with E-state index in [9.17, 15) is 17.6 Å². The van der Waals surface area contributed by atoms with Gasteiger partial charge in [-0.2, -0.15) is 4.31 Å². The van der Waals surface area contributed by atoms with Crippen molar-refractivity contribution >= 4 is 27.5 Å². The number of amides is 1. The first-order valence-corrected chi connectivity index (χ1v) is 10.5. The molecule has 1 saturated heterocycles. The van der Waals surface area contributed by atoms with E-state index in [4.69, 9.17) is 11.6 Å². The van der Waals surface area contributed by atoms with Crippen molar-refractivity contribution < 1.29 is 17.6 Å². The number of hydrogen-bond acceptors (Lipinski definition) is 3. The Labute approximate surface area is 163 Å². The molecule has 0 bridgehead atoms. The molecule has 5 nitrogen and oxygen atoms in total. The van der Waals surface area contributed by atoms with Gasteiger partial charge in [-0.1, -0.05) is 41.9 Å². The highest BCUT2D eigenvalue weighted by atomic mass is 35.5. The van der Waals surface area contributed by atoms with Crippen LogP contribution in [0.1, 0.15) is 18.4 Å². The lowest BCUT2D eigenvalue weighted by Gasteiger charge is -2.25. The zero-order chi connectivity index (χ0) is 19.4. The fourth-order valence-electron chi connectivity index (χ4n) is 3.05. The van der Waals surface area contributed by atoms with Gasteiger partial charge in [0.25, 0.3) is 0 Å². The maximum Gasteiger partial charge on any atom is 0.246 e. The molecular weight excluding hydrogens is 391 g/mol. The van der Waals surface area contributed by atoms with Gasteiger partial charge in [0.05, 0.1) is 6.54 Å². The first-order valence-electron chi connectivity index (χ1n) is 8.65. The molecule has 1 heterocycles. The largest absolute Gasteiger partial charge is 0.342 e. The summed E-state index contributed by atoms with van der Waals surface area (Å²) in [6.07, 6.45) is 1.80. The van der Waals surface area contributed by atoms with E-state index in [1.807, 2.05) is 0 Å². The van der Waals surface area contributed by atoms with Gasteiger partial charge in [-0.25, -0.2) is 12.8 Å². The Balaban J connectivity index is 1.94. The summed E-state index contributed by atoms with van der Waals surface area (Å²) in [4.78, 5) is 13.8. The van der Waals surface area contributed by atoms with E-state index in [1.54, 1.807) is 29.2 Å². The molecule has 0 atom stereocenters. The minimum atomic E-state index is -4.22. The topological polar surface area (TPSA) is 57.7 Å². The molecule has 27 heavy (non-hydrogen) atoms. The van der Waals surface area contributed by atoms with Gasteiger partial charge in [-0.3, -0.25) is 4.79 Å². The Morgan fingerprint density at radius 1 is 1.07 bits per heavy atom. The van der Waals surface area contributed by atoms with Crippen molar-refractivity contribution in [2.45, 2.75) is 24.3 Å². The van der Waals surface area contributed by atoms with Crippen LogP contribution in [0.4, 0.5) is 4.39 Å². The molecule has 8 heteroatoms. The SMILES string of the molecule is O=C(CN(Cc1ccccc1Cl)S(=O)(=O)c1ccccc1F)N1CCCC1. The monoisotopic (exact) mass is 410 g/mol. The number of nitrogens with zero attached hydrogens (tertiary/aromatic N) is 2. The number of halogens is 2. The number of benzene rings is 2. The Bertz CT molecular complexity index is 930. The molecule has 3 rings (SSSR count). The number of carbonyl (C=O) groups excluding carboxylic acids is 1. The molecule has 1 aliphatic heterocycles. The summed E-state index contributed by atoms with van der Waals surface area (Å²) in [6, 6.07) is 12.0. The molecule has 0 spiro atoms. The third kappa shape index (κ3) is 4.48. The molecule has 0 unspecified atom stereocenters. The van der Waals surface area contributed by atoms with Crippen molar-refractivity contribution in [2.24, 2.45) is 0 Å². The summed E-state index contributed by atoms with van der Waals surface area (Å²) >= 11 is 6.17. The second-order valence-electron chi connectivity index (χ2n) is 6.38. The second-order valence-corrected chi connectivity index (χ2v) is 8.70. The van der Waals surface area contributed by atoms with Gasteiger partial charge < -0.3 is 4.90 Å². The van der Waals surface area contributed by atoms with Crippen LogP contribution in [-0.4, -0.2) is 43.2 Å². The maximum absolute atomic E-state index is 14.2. The Morgan fingerprint density at radius 3 is 2.37 bits per heavy atom. The standard InChI is InChI=1S/C19H20ClFN2O3S/c20-16-8-2-1-7-15(16)13-23(14-19(24)22-11-5-6-12-22)27(25,26)18-10-4-3-9-17(18)21/h1-4,7-10H,5-6,11-14H2. The lowest BCUT2D eigenvalue weighted by molar-refractivity contribution is -0.130. The van der Waals surface area contributed by atoms with Crippen molar-refractivity contribution in [3.63, 3.8) is 0 Å². The predicted molar refractivity (Wildman–Crippen MR) is 101 cm³/mol. The molecule has 0 saturated carbocycles. The van der Waals surface area contributed by atoms with Gasteiger partial charge in [0, 0.05) is 24.7 Å². The van der Waals surface area contributed by atoms with E-state index in [0.29, 0.717) is 23.7 Å². The van der Waals surface area contributed by atoms with Crippen molar-refractivity contribution in [3.8, 4) is 0 Å². The Hall–Kier alpha value is -1.96. The fourth-order valence-corrected chi connectivity index (χ4v) is 4.68. The van der Waals surface area contributed by atoms with Crippen molar-refractivity contribution in [3.05, 3.63) is 64.9 Å². The van der Waals surface area contributed by atoms with E-state index in [0.717, 1.165) is 23.2 Å². The van der Waals surface area contributed by atoms with Crippen LogP contribution in [0.25, 0.3) is 0 Å². The van der Waals surface area contributed by atoms with Crippen LogP contribution in [-0.2, 0) is 21.4 Å². The summed E-state index contributed by atoms with van der Waals surface area (Å²) in [5.74, 6) is -1.14. The summed E-state index contributed by atoms with van der Waals surface area (Å²) in [7, 11) is -4.22. The van der Waals surface area contributed by atoms with Crippen LogP contribution < -0.4 is 0 Å². The molecule has 0 N–H and O–H groups in total. The number of carbonyl (C=O) groups is 1. The van der Waals surface area contributed by atoms with E-state index in [-0.39, 0.29) is 19.0 Å². The van der Waals surface area contributed by atoms with Crippen LogP contribution in [0.5, 0.6) is 0 Å². The molecule has 0 aromatic heterocycles. The Morgan fingerprint density at radius 2 is 1.70 bits per heavy atom. The summed E-state index contributed by atoms with van der Waals surface area (Å²) in [6.45, 7) is 0.745. The van der Waals surface area contributed by atoms with Crippen LogP contribution in [0.2, 0.25) is 5.02 Å². The van der Waals surface area contributed by atoms with Crippen molar-refractivity contribution in [1.82, 2.24) is 9.21 Å². The minimum Gasteiger partial charge on any atom is -0.342 e. The maximum atomic E-state index is 14.2.